The number of ketones is 1. The van der Waals surface area contributed by atoms with Crippen LogP contribution < -0.4 is 10.5 Å². The SMILES string of the molecule is [2H]C([2H])(C(C)=O)C([2H])([2H])[C@@]([2H])(C(N)=O)N1Cc2c(OCc3ccc(CN4CCOCC4)cc3)cccc2C1=O. The molecule has 34 heavy (non-hydrogen) atoms. The van der Waals surface area contributed by atoms with E-state index in [0.717, 1.165) is 50.9 Å². The van der Waals surface area contributed by atoms with E-state index >= 15 is 0 Å². The van der Waals surface area contributed by atoms with Gasteiger partial charge in [-0.05, 0) is 36.6 Å². The molecule has 1 saturated heterocycles. The monoisotopic (exact) mass is 470 g/mol. The highest BCUT2D eigenvalue weighted by atomic mass is 16.5. The van der Waals surface area contributed by atoms with Crippen molar-refractivity contribution in [2.24, 2.45) is 5.73 Å². The zero-order chi connectivity index (χ0) is 28.6. The van der Waals surface area contributed by atoms with Crippen molar-refractivity contribution >= 4 is 17.6 Å². The molecule has 0 spiro atoms. The van der Waals surface area contributed by atoms with Crippen LogP contribution in [0.2, 0.25) is 0 Å². The molecule has 8 heteroatoms. The second kappa shape index (κ2) is 10.8. The minimum atomic E-state index is -3.46. The molecule has 2 aromatic carbocycles. The molecule has 0 aliphatic carbocycles. The third-order valence-corrected chi connectivity index (χ3v) is 5.71. The molecule has 2 aliphatic heterocycles. The summed E-state index contributed by atoms with van der Waals surface area (Å²) in [5.41, 5.74) is 7.81. The lowest BCUT2D eigenvalue weighted by Crippen LogP contribution is -2.45. The Balaban J connectivity index is 1.53. The van der Waals surface area contributed by atoms with Crippen molar-refractivity contribution in [3.63, 3.8) is 0 Å². The van der Waals surface area contributed by atoms with E-state index in [2.05, 4.69) is 4.90 Å². The first-order chi connectivity index (χ1) is 18.3. The van der Waals surface area contributed by atoms with E-state index in [0.29, 0.717) is 16.2 Å². The number of Topliss-reactive ketones (excluding diaryl/α,β-unsaturated/α-hetero) is 1. The van der Waals surface area contributed by atoms with Crippen molar-refractivity contribution in [3.05, 3.63) is 64.7 Å². The molecule has 2 N–H and O–H groups in total. The van der Waals surface area contributed by atoms with Gasteiger partial charge in [0.1, 0.15) is 24.2 Å². The molecule has 0 unspecified atom stereocenters. The fraction of sp³-hybridized carbons (Fsp3) is 0.423. The number of nitrogens with two attached hydrogens (primary N) is 1. The highest BCUT2D eigenvalue weighted by Gasteiger charge is 2.37. The van der Waals surface area contributed by atoms with E-state index in [1.54, 1.807) is 12.1 Å². The number of amides is 2. The molecule has 2 aliphatic rings. The fourth-order valence-electron chi connectivity index (χ4n) is 3.95. The summed E-state index contributed by atoms with van der Waals surface area (Å²) in [6.45, 7) is 4.58. The molecule has 0 radical (unpaired) electrons. The molecule has 4 rings (SSSR count). The van der Waals surface area contributed by atoms with E-state index < -0.39 is 42.9 Å². The Morgan fingerprint density at radius 3 is 2.56 bits per heavy atom. The number of primary amides is 1. The molecule has 0 aromatic heterocycles. The standard InChI is InChI=1S/C26H31N3O5/c1-18(30)5-10-23(25(27)31)29-16-22-21(26(29)32)3-2-4-24(22)34-17-20-8-6-19(7-9-20)15-28-11-13-33-14-12-28/h2-4,6-9,23H,5,10-17H2,1H3,(H2,27,31)/t23-/m0/s1/i5D2,10D2,23D. The van der Waals surface area contributed by atoms with Gasteiger partial charge < -0.3 is 24.9 Å². The van der Waals surface area contributed by atoms with Gasteiger partial charge in [-0.25, -0.2) is 0 Å². The van der Waals surface area contributed by atoms with Gasteiger partial charge in [-0.15, -0.1) is 0 Å². The summed E-state index contributed by atoms with van der Waals surface area (Å²) in [7, 11) is 0. The first-order valence-corrected chi connectivity index (χ1v) is 11.1. The van der Waals surface area contributed by atoms with Crippen LogP contribution in [-0.4, -0.2) is 59.7 Å². The summed E-state index contributed by atoms with van der Waals surface area (Å²) < 4.78 is 52.5. The number of morpholine rings is 1. The molecule has 2 aromatic rings. The predicted octanol–water partition coefficient (Wildman–Crippen LogP) is 2.28. The third-order valence-electron chi connectivity index (χ3n) is 5.71. The van der Waals surface area contributed by atoms with E-state index in [1.807, 2.05) is 24.3 Å². The Morgan fingerprint density at radius 2 is 1.88 bits per heavy atom. The lowest BCUT2D eigenvalue weighted by Gasteiger charge is -2.26. The van der Waals surface area contributed by atoms with Crippen LogP contribution >= 0.6 is 0 Å². The van der Waals surface area contributed by atoms with Gasteiger partial charge >= 0.3 is 0 Å². The van der Waals surface area contributed by atoms with Crippen LogP contribution in [0, 0.1) is 0 Å². The number of hydrogen-bond donors (Lipinski definition) is 1. The van der Waals surface area contributed by atoms with Gasteiger partial charge in [-0.3, -0.25) is 14.5 Å². The molecule has 180 valence electrons. The van der Waals surface area contributed by atoms with Crippen LogP contribution in [-0.2, 0) is 34.0 Å². The van der Waals surface area contributed by atoms with Gasteiger partial charge in [0, 0.05) is 42.6 Å². The van der Waals surface area contributed by atoms with Crippen molar-refractivity contribution in [1.29, 1.82) is 0 Å². The smallest absolute Gasteiger partial charge is 0.255 e. The summed E-state index contributed by atoms with van der Waals surface area (Å²) in [6.07, 6.45) is -6.73. The lowest BCUT2D eigenvalue weighted by atomic mass is 10.1. The van der Waals surface area contributed by atoms with Crippen molar-refractivity contribution < 1.29 is 30.7 Å². The molecule has 0 bridgehead atoms. The van der Waals surface area contributed by atoms with Crippen LogP contribution in [0.5, 0.6) is 5.75 Å². The average molecular weight is 471 g/mol. The molecule has 2 amide bonds. The average Bonchev–Trinajstić information content (AvgIpc) is 3.25. The maximum atomic E-state index is 13.3. The Bertz CT molecular complexity index is 1270. The topological polar surface area (TPSA) is 102 Å². The number of ether oxygens (including phenoxy) is 2. The predicted molar refractivity (Wildman–Crippen MR) is 126 cm³/mol. The number of hydrogen-bond acceptors (Lipinski definition) is 6. The van der Waals surface area contributed by atoms with Crippen LogP contribution in [0.4, 0.5) is 0 Å². The maximum Gasteiger partial charge on any atom is 0.255 e. The number of fused-ring (bicyclic) bond motifs is 1. The Labute approximate surface area is 206 Å². The second-order valence-corrected chi connectivity index (χ2v) is 8.19. The van der Waals surface area contributed by atoms with Crippen LogP contribution in [0.25, 0.3) is 0 Å². The minimum absolute atomic E-state index is 0.0745. The van der Waals surface area contributed by atoms with Crippen LogP contribution in [0.1, 0.15) is 53.6 Å². The maximum absolute atomic E-state index is 13.3. The first-order valence-electron chi connectivity index (χ1n) is 13.6. The van der Waals surface area contributed by atoms with Gasteiger partial charge in [0.15, 0.2) is 0 Å². The van der Waals surface area contributed by atoms with Gasteiger partial charge in [0.2, 0.25) is 5.91 Å². The molecule has 8 nitrogen and oxygen atoms in total. The van der Waals surface area contributed by atoms with E-state index in [9.17, 15) is 14.4 Å². The van der Waals surface area contributed by atoms with E-state index in [1.165, 1.54) is 6.07 Å². The molecular formula is C26H31N3O5. The number of carbonyl (C=O) groups is 3. The summed E-state index contributed by atoms with van der Waals surface area (Å²) >= 11 is 0. The minimum Gasteiger partial charge on any atom is -0.489 e. The first kappa shape index (κ1) is 18.1. The highest BCUT2D eigenvalue weighted by Crippen LogP contribution is 2.33. The molecular weight excluding hydrogens is 434 g/mol. The molecule has 2 heterocycles. The Kier molecular flexibility index (Phi) is 5.76. The van der Waals surface area contributed by atoms with Crippen molar-refractivity contribution in [2.75, 3.05) is 26.3 Å². The quantitative estimate of drug-likeness (QED) is 0.572. The summed E-state index contributed by atoms with van der Waals surface area (Å²) in [4.78, 5) is 40.5. The molecule has 1 fully saturated rings. The molecule has 0 saturated carbocycles. The highest BCUT2D eigenvalue weighted by molar-refractivity contribution is 6.01. The number of nitrogens with zero attached hydrogens (tertiary/aromatic N) is 2. The fourth-order valence-corrected chi connectivity index (χ4v) is 3.95. The zero-order valence-electron chi connectivity index (χ0n) is 24.0. The van der Waals surface area contributed by atoms with E-state index in [-0.39, 0.29) is 12.2 Å². The van der Waals surface area contributed by atoms with Crippen LogP contribution in [0.3, 0.4) is 0 Å². The summed E-state index contributed by atoms with van der Waals surface area (Å²) in [6, 6.07) is 9.31. The van der Waals surface area contributed by atoms with Gasteiger partial charge in [-0.2, -0.15) is 0 Å². The number of benzene rings is 2. The van der Waals surface area contributed by atoms with Gasteiger partial charge in [0.25, 0.3) is 5.91 Å². The van der Waals surface area contributed by atoms with Gasteiger partial charge in [0.05, 0.1) is 21.1 Å². The van der Waals surface area contributed by atoms with Crippen molar-refractivity contribution in [2.45, 2.75) is 45.4 Å². The Morgan fingerprint density at radius 1 is 1.18 bits per heavy atom. The van der Waals surface area contributed by atoms with Crippen LogP contribution in [0.15, 0.2) is 42.5 Å². The van der Waals surface area contributed by atoms with Crippen molar-refractivity contribution in [1.82, 2.24) is 9.80 Å². The van der Waals surface area contributed by atoms with Gasteiger partial charge in [-0.1, -0.05) is 30.3 Å². The third kappa shape index (κ3) is 5.63. The van der Waals surface area contributed by atoms with E-state index in [4.69, 9.17) is 22.1 Å². The number of carbonyl (C=O) groups excluding carboxylic acids is 3. The zero-order valence-corrected chi connectivity index (χ0v) is 19.0. The lowest BCUT2D eigenvalue weighted by molar-refractivity contribution is -0.123. The molecule has 1 atom stereocenters. The Hall–Kier alpha value is -3.23. The largest absolute Gasteiger partial charge is 0.489 e. The summed E-state index contributed by atoms with van der Waals surface area (Å²) in [5, 5.41) is 0. The second-order valence-electron chi connectivity index (χ2n) is 8.19. The summed E-state index contributed by atoms with van der Waals surface area (Å²) in [5.74, 6) is -3.43. The van der Waals surface area contributed by atoms with Crippen molar-refractivity contribution in [3.8, 4) is 5.75 Å². The normalized spacial score (nSPS) is 20.8. The number of rotatable bonds is 10.